The van der Waals surface area contributed by atoms with Crippen molar-refractivity contribution in [3.8, 4) is 0 Å². The van der Waals surface area contributed by atoms with Crippen LogP contribution >= 0.6 is 0 Å². The van der Waals surface area contributed by atoms with Crippen molar-refractivity contribution in [2.45, 2.75) is 391 Å². The van der Waals surface area contributed by atoms with Crippen LogP contribution in [0.5, 0.6) is 0 Å². The maximum atomic E-state index is 13.1. The molecule has 1 aliphatic heterocycles. The van der Waals surface area contributed by atoms with Crippen LogP contribution in [0.15, 0.2) is 24.3 Å². The Balaban J connectivity index is 2.14. The standard InChI is InChI=1S/C68H131NO8/c1-3-5-7-9-11-13-15-17-19-21-23-25-27-29-31-33-35-37-39-41-43-45-47-49-51-53-55-57-62(71)61(60-76-68-67(75)66(74)65(73)63(59-70)77-68)69-64(72)58-56-54-52-50-48-46-44-42-40-38-36-34-32-30-28-26-24-22-20-18-16-14-12-10-8-6-4-2/h22,24,55,57,61-63,65-68,70-71,73-75H,3-21,23,25-54,56,58-60H2,1-2H3,(H,69,72)/b24-22-,57-55+. The van der Waals surface area contributed by atoms with Crippen molar-refractivity contribution in [2.75, 3.05) is 13.2 Å². The molecule has 1 amide bonds. The molecule has 0 radical (unpaired) electrons. The third-order valence-corrected chi connectivity index (χ3v) is 16.5. The quantitative estimate of drug-likeness (QED) is 0.0261. The second-order valence-corrected chi connectivity index (χ2v) is 24.0. The molecule has 9 heteroatoms. The lowest BCUT2D eigenvalue weighted by Gasteiger charge is -2.40. The van der Waals surface area contributed by atoms with Crippen molar-refractivity contribution in [1.29, 1.82) is 0 Å². The normalized spacial score (nSPS) is 18.8. The van der Waals surface area contributed by atoms with Crippen LogP contribution in [0.4, 0.5) is 0 Å². The van der Waals surface area contributed by atoms with E-state index >= 15 is 0 Å². The van der Waals surface area contributed by atoms with Crippen molar-refractivity contribution >= 4 is 5.91 Å². The Morgan fingerprint density at radius 3 is 1.05 bits per heavy atom. The van der Waals surface area contributed by atoms with Gasteiger partial charge in [0, 0.05) is 6.42 Å². The number of aliphatic hydroxyl groups excluding tert-OH is 5. The molecule has 0 aromatic carbocycles. The minimum Gasteiger partial charge on any atom is -0.394 e. The highest BCUT2D eigenvalue weighted by Gasteiger charge is 2.44. The summed E-state index contributed by atoms with van der Waals surface area (Å²) in [5, 5.41) is 54.7. The lowest BCUT2D eigenvalue weighted by atomic mass is 9.99. The summed E-state index contributed by atoms with van der Waals surface area (Å²) in [4.78, 5) is 13.1. The van der Waals surface area contributed by atoms with Crippen molar-refractivity contribution in [3.05, 3.63) is 24.3 Å². The van der Waals surface area contributed by atoms with Crippen molar-refractivity contribution in [1.82, 2.24) is 5.32 Å². The number of unbranched alkanes of at least 4 members (excludes halogenated alkanes) is 48. The Morgan fingerprint density at radius 2 is 0.727 bits per heavy atom. The Labute approximate surface area is 477 Å². The zero-order chi connectivity index (χ0) is 55.8. The van der Waals surface area contributed by atoms with Gasteiger partial charge < -0.3 is 40.3 Å². The Kier molecular flexibility index (Phi) is 55.4. The largest absolute Gasteiger partial charge is 0.394 e. The molecule has 456 valence electrons. The van der Waals surface area contributed by atoms with Gasteiger partial charge in [0.25, 0.3) is 0 Å². The highest BCUT2D eigenvalue weighted by molar-refractivity contribution is 5.76. The molecule has 0 bridgehead atoms. The summed E-state index contributed by atoms with van der Waals surface area (Å²) in [5.41, 5.74) is 0. The molecule has 1 heterocycles. The van der Waals surface area contributed by atoms with Gasteiger partial charge in [-0.15, -0.1) is 0 Å². The lowest BCUT2D eigenvalue weighted by molar-refractivity contribution is -0.302. The van der Waals surface area contributed by atoms with Crippen molar-refractivity contribution in [2.24, 2.45) is 0 Å². The van der Waals surface area contributed by atoms with Crippen molar-refractivity contribution < 1.29 is 39.8 Å². The van der Waals surface area contributed by atoms with E-state index in [-0.39, 0.29) is 12.5 Å². The average Bonchev–Trinajstić information content (AvgIpc) is 3.43. The van der Waals surface area contributed by atoms with Crippen LogP contribution in [0.3, 0.4) is 0 Å². The van der Waals surface area contributed by atoms with Crippen molar-refractivity contribution in [3.63, 3.8) is 0 Å². The van der Waals surface area contributed by atoms with Crippen LogP contribution in [0.25, 0.3) is 0 Å². The van der Waals surface area contributed by atoms with Crippen LogP contribution < -0.4 is 5.32 Å². The first-order chi connectivity index (χ1) is 37.8. The molecule has 1 aliphatic rings. The van der Waals surface area contributed by atoms with Gasteiger partial charge in [0.15, 0.2) is 6.29 Å². The summed E-state index contributed by atoms with van der Waals surface area (Å²) in [6.07, 6.45) is 68.5. The number of ether oxygens (including phenoxy) is 2. The van der Waals surface area contributed by atoms with Gasteiger partial charge in [0.1, 0.15) is 24.4 Å². The molecule has 0 saturated carbocycles. The van der Waals surface area contributed by atoms with Crippen LogP contribution in [0, 0.1) is 0 Å². The van der Waals surface area contributed by atoms with Gasteiger partial charge in [-0.05, 0) is 44.9 Å². The maximum Gasteiger partial charge on any atom is 0.220 e. The van der Waals surface area contributed by atoms with E-state index < -0.39 is 49.5 Å². The van der Waals surface area contributed by atoms with Crippen LogP contribution in [0.2, 0.25) is 0 Å². The fraction of sp³-hybridized carbons (Fsp3) is 0.926. The fourth-order valence-electron chi connectivity index (χ4n) is 11.2. The predicted molar refractivity (Wildman–Crippen MR) is 327 cm³/mol. The molecule has 77 heavy (non-hydrogen) atoms. The number of aliphatic hydroxyl groups is 5. The first-order valence-electron chi connectivity index (χ1n) is 34.1. The van der Waals surface area contributed by atoms with E-state index in [0.29, 0.717) is 6.42 Å². The van der Waals surface area contributed by atoms with Crippen LogP contribution in [-0.2, 0) is 14.3 Å². The fourth-order valence-corrected chi connectivity index (χ4v) is 11.2. The van der Waals surface area contributed by atoms with E-state index in [1.165, 1.54) is 289 Å². The molecule has 6 N–H and O–H groups in total. The second-order valence-electron chi connectivity index (χ2n) is 24.0. The molecule has 7 atom stereocenters. The molecule has 1 fully saturated rings. The molecule has 1 saturated heterocycles. The van der Waals surface area contributed by atoms with Gasteiger partial charge in [-0.1, -0.05) is 321 Å². The molecule has 1 rings (SSSR count). The first kappa shape index (κ1) is 73.7. The summed E-state index contributed by atoms with van der Waals surface area (Å²) in [6.45, 7) is 3.83. The monoisotopic (exact) mass is 1090 g/mol. The molecule has 9 nitrogen and oxygen atoms in total. The Bertz CT molecular complexity index is 1260. The van der Waals surface area contributed by atoms with Gasteiger partial charge in [0.05, 0.1) is 25.4 Å². The summed E-state index contributed by atoms with van der Waals surface area (Å²) < 4.78 is 11.3. The van der Waals surface area contributed by atoms with E-state index in [2.05, 4.69) is 31.3 Å². The first-order valence-corrected chi connectivity index (χ1v) is 34.1. The lowest BCUT2D eigenvalue weighted by Crippen LogP contribution is -2.60. The Hall–Kier alpha value is -1.33. The molecule has 7 unspecified atom stereocenters. The SMILES string of the molecule is CCCCCCCCCC/C=C\CCCCCCCCCCCCCCCCCC(=O)NC(COC1OC(CO)C(O)C(O)C1O)C(O)/C=C/CCCCCCCCCCCCCCCCCCCCCCCCCCC. The minimum atomic E-state index is -1.57. The van der Waals surface area contributed by atoms with E-state index in [0.717, 1.165) is 38.5 Å². The summed E-state index contributed by atoms with van der Waals surface area (Å²) in [6, 6.07) is -0.804. The molecular weight excluding hydrogens is 959 g/mol. The third-order valence-electron chi connectivity index (χ3n) is 16.5. The maximum absolute atomic E-state index is 13.1. The number of nitrogens with one attached hydrogen (secondary N) is 1. The molecule has 0 spiro atoms. The van der Waals surface area contributed by atoms with Crippen LogP contribution in [-0.4, -0.2) is 87.5 Å². The second kappa shape index (κ2) is 57.9. The number of rotatable bonds is 60. The third kappa shape index (κ3) is 46.9. The summed E-state index contributed by atoms with van der Waals surface area (Å²) in [7, 11) is 0. The van der Waals surface area contributed by atoms with Gasteiger partial charge in [0.2, 0.25) is 5.91 Å². The number of allylic oxidation sites excluding steroid dienone is 3. The minimum absolute atomic E-state index is 0.170. The highest BCUT2D eigenvalue weighted by atomic mass is 16.7. The van der Waals surface area contributed by atoms with Gasteiger partial charge in [-0.3, -0.25) is 4.79 Å². The molecule has 0 aliphatic carbocycles. The number of carbonyl (C=O) groups is 1. The number of carbonyl (C=O) groups excluding carboxylic acids is 1. The van der Waals surface area contributed by atoms with Crippen LogP contribution in [0.1, 0.15) is 348 Å². The molecule has 0 aromatic heterocycles. The van der Waals surface area contributed by atoms with Gasteiger partial charge in [-0.2, -0.15) is 0 Å². The van der Waals surface area contributed by atoms with E-state index in [1.807, 2.05) is 6.08 Å². The van der Waals surface area contributed by atoms with E-state index in [1.54, 1.807) is 6.08 Å². The number of amides is 1. The predicted octanol–water partition coefficient (Wildman–Crippen LogP) is 18.1. The smallest absolute Gasteiger partial charge is 0.220 e. The summed E-state index contributed by atoms with van der Waals surface area (Å²) in [5.74, 6) is -0.170. The molecule has 0 aromatic rings. The van der Waals surface area contributed by atoms with E-state index in [4.69, 9.17) is 9.47 Å². The highest BCUT2D eigenvalue weighted by Crippen LogP contribution is 2.23. The topological polar surface area (TPSA) is 149 Å². The molecular formula is C68H131NO8. The average molecular weight is 1090 g/mol. The van der Waals surface area contributed by atoms with Gasteiger partial charge >= 0.3 is 0 Å². The van der Waals surface area contributed by atoms with E-state index in [9.17, 15) is 30.3 Å². The Morgan fingerprint density at radius 1 is 0.429 bits per heavy atom. The zero-order valence-corrected chi connectivity index (χ0v) is 51.0. The number of hydrogen-bond acceptors (Lipinski definition) is 8. The summed E-state index contributed by atoms with van der Waals surface area (Å²) >= 11 is 0. The number of hydrogen-bond donors (Lipinski definition) is 6. The van der Waals surface area contributed by atoms with Gasteiger partial charge in [-0.25, -0.2) is 0 Å². The zero-order valence-electron chi connectivity index (χ0n) is 51.0.